The number of carbonyl (C=O) groups excluding carboxylic acids is 2. The predicted molar refractivity (Wildman–Crippen MR) is 63.0 cm³/mol. The quantitative estimate of drug-likeness (QED) is 0.770. The van der Waals surface area contributed by atoms with Crippen LogP contribution in [-0.4, -0.2) is 25.0 Å². The number of hydrogen-bond donors (Lipinski definition) is 2. The maximum Gasteiger partial charge on any atom is 0.290 e. The van der Waals surface area contributed by atoms with E-state index < -0.39 is 5.79 Å². The molecule has 0 aliphatic carbocycles. The number of nitrogens with one attached hydrogen (secondary N) is 2. The predicted octanol–water partition coefficient (Wildman–Crippen LogP) is 0.797. The minimum Gasteiger partial charge on any atom is -0.336 e. The van der Waals surface area contributed by atoms with Crippen molar-refractivity contribution in [2.45, 2.75) is 12.7 Å². The fourth-order valence-electron chi connectivity index (χ4n) is 2.27. The summed E-state index contributed by atoms with van der Waals surface area (Å²) in [5.74, 6) is -1.90. The van der Waals surface area contributed by atoms with Crippen LogP contribution in [0.3, 0.4) is 0 Å². The number of fused-ring (bicyclic) bond motifs is 2. The molecular weight excluding hydrogens is 236 g/mol. The van der Waals surface area contributed by atoms with Crippen molar-refractivity contribution in [3.63, 3.8) is 0 Å². The molecule has 2 aliphatic heterocycles. The zero-order chi connectivity index (χ0) is 12.8. The number of hydrogen-bond acceptors (Lipinski definition) is 4. The number of amides is 2. The van der Waals surface area contributed by atoms with Gasteiger partial charge in [0.1, 0.15) is 0 Å². The molecule has 6 heteroatoms. The Bertz CT molecular complexity index is 535. The van der Waals surface area contributed by atoms with Gasteiger partial charge in [0.25, 0.3) is 11.7 Å². The van der Waals surface area contributed by atoms with Gasteiger partial charge in [0, 0.05) is 12.5 Å². The molecule has 0 atom stereocenters. The monoisotopic (exact) mass is 248 g/mol. The highest BCUT2D eigenvalue weighted by atomic mass is 16.7. The Kier molecular flexibility index (Phi) is 2.36. The van der Waals surface area contributed by atoms with Crippen molar-refractivity contribution >= 4 is 23.2 Å². The minimum atomic E-state index is -1.34. The lowest BCUT2D eigenvalue weighted by atomic mass is 10.1. The second kappa shape index (κ2) is 3.79. The Labute approximate surface area is 103 Å². The SMILES string of the molecule is CC(=O)Nc1cccc2c1NC(=O)C21OCCO1. The van der Waals surface area contributed by atoms with E-state index in [2.05, 4.69) is 10.6 Å². The summed E-state index contributed by atoms with van der Waals surface area (Å²) >= 11 is 0. The highest BCUT2D eigenvalue weighted by Crippen LogP contribution is 2.45. The topological polar surface area (TPSA) is 76.7 Å². The van der Waals surface area contributed by atoms with Crippen molar-refractivity contribution in [1.29, 1.82) is 0 Å². The third-order valence-electron chi connectivity index (χ3n) is 2.96. The van der Waals surface area contributed by atoms with Crippen LogP contribution in [0.4, 0.5) is 11.4 Å². The Morgan fingerprint density at radius 2 is 2.11 bits per heavy atom. The lowest BCUT2D eigenvalue weighted by Gasteiger charge is -2.19. The number of anilines is 2. The van der Waals surface area contributed by atoms with Crippen LogP contribution in [0.15, 0.2) is 18.2 Å². The normalized spacial score (nSPS) is 19.7. The van der Waals surface area contributed by atoms with Crippen LogP contribution in [0, 0.1) is 0 Å². The zero-order valence-electron chi connectivity index (χ0n) is 9.78. The van der Waals surface area contributed by atoms with E-state index in [1.807, 2.05) is 0 Å². The summed E-state index contributed by atoms with van der Waals surface area (Å²) in [6, 6.07) is 5.22. The fraction of sp³-hybridized carbons (Fsp3) is 0.333. The molecule has 3 rings (SSSR count). The van der Waals surface area contributed by atoms with Gasteiger partial charge in [-0.1, -0.05) is 12.1 Å². The van der Waals surface area contributed by atoms with E-state index in [1.165, 1.54) is 6.92 Å². The van der Waals surface area contributed by atoms with Crippen LogP contribution in [-0.2, 0) is 24.8 Å². The van der Waals surface area contributed by atoms with E-state index >= 15 is 0 Å². The summed E-state index contributed by atoms with van der Waals surface area (Å²) in [7, 11) is 0. The number of rotatable bonds is 1. The number of para-hydroxylation sites is 1. The van der Waals surface area contributed by atoms with Crippen LogP contribution in [0.25, 0.3) is 0 Å². The number of carbonyl (C=O) groups is 2. The van der Waals surface area contributed by atoms with Crippen molar-refractivity contribution < 1.29 is 19.1 Å². The first-order valence-corrected chi connectivity index (χ1v) is 5.64. The zero-order valence-corrected chi connectivity index (χ0v) is 9.78. The summed E-state index contributed by atoms with van der Waals surface area (Å²) in [5.41, 5.74) is 1.69. The standard InChI is InChI=1S/C12H12N2O4/c1-7(15)13-9-4-2-3-8-10(9)14-11(16)12(8)17-5-6-18-12/h2-4H,5-6H2,1H3,(H,13,15)(H,14,16). The van der Waals surface area contributed by atoms with Crippen molar-refractivity contribution in [3.05, 3.63) is 23.8 Å². The first-order valence-electron chi connectivity index (χ1n) is 5.64. The first kappa shape index (κ1) is 11.2. The second-order valence-electron chi connectivity index (χ2n) is 4.18. The van der Waals surface area contributed by atoms with Gasteiger partial charge in [-0.2, -0.15) is 0 Å². The van der Waals surface area contributed by atoms with Gasteiger partial charge in [-0.25, -0.2) is 0 Å². The lowest BCUT2D eigenvalue weighted by Crippen LogP contribution is -2.35. The molecular formula is C12H12N2O4. The first-order chi connectivity index (χ1) is 8.63. The summed E-state index contributed by atoms with van der Waals surface area (Å²) in [5, 5.41) is 5.37. The van der Waals surface area contributed by atoms with Crippen LogP contribution >= 0.6 is 0 Å². The van der Waals surface area contributed by atoms with Gasteiger partial charge >= 0.3 is 0 Å². The summed E-state index contributed by atoms with van der Waals surface area (Å²) in [6.07, 6.45) is 0. The lowest BCUT2D eigenvalue weighted by molar-refractivity contribution is -0.178. The average molecular weight is 248 g/mol. The molecule has 2 amide bonds. The van der Waals surface area contributed by atoms with Crippen LogP contribution in [0.5, 0.6) is 0 Å². The molecule has 2 aliphatic rings. The van der Waals surface area contributed by atoms with Crippen molar-refractivity contribution in [2.24, 2.45) is 0 Å². The fourth-order valence-corrected chi connectivity index (χ4v) is 2.27. The summed E-state index contributed by atoms with van der Waals surface area (Å²) in [6.45, 7) is 2.16. The van der Waals surface area contributed by atoms with Gasteiger partial charge in [-0.15, -0.1) is 0 Å². The van der Waals surface area contributed by atoms with Crippen LogP contribution in [0.2, 0.25) is 0 Å². The third kappa shape index (κ3) is 1.43. The molecule has 1 fully saturated rings. The Balaban J connectivity index is 2.10. The molecule has 1 aromatic rings. The van der Waals surface area contributed by atoms with Gasteiger partial charge in [0.15, 0.2) is 0 Å². The maximum atomic E-state index is 12.0. The molecule has 0 saturated carbocycles. The van der Waals surface area contributed by atoms with Gasteiger partial charge < -0.3 is 20.1 Å². The summed E-state index contributed by atoms with van der Waals surface area (Å²) < 4.78 is 10.9. The van der Waals surface area contributed by atoms with Crippen LogP contribution < -0.4 is 10.6 Å². The molecule has 2 heterocycles. The summed E-state index contributed by atoms with van der Waals surface area (Å²) in [4.78, 5) is 23.1. The maximum absolute atomic E-state index is 12.0. The molecule has 0 unspecified atom stereocenters. The Morgan fingerprint density at radius 3 is 2.78 bits per heavy atom. The Morgan fingerprint density at radius 1 is 1.39 bits per heavy atom. The second-order valence-corrected chi connectivity index (χ2v) is 4.18. The molecule has 0 radical (unpaired) electrons. The molecule has 2 N–H and O–H groups in total. The minimum absolute atomic E-state index is 0.202. The number of ether oxygens (including phenoxy) is 2. The van der Waals surface area contributed by atoms with Gasteiger partial charge in [0.05, 0.1) is 24.6 Å². The molecule has 18 heavy (non-hydrogen) atoms. The van der Waals surface area contributed by atoms with Gasteiger partial charge in [-0.05, 0) is 6.07 Å². The molecule has 94 valence electrons. The smallest absolute Gasteiger partial charge is 0.290 e. The van der Waals surface area contributed by atoms with Crippen molar-refractivity contribution in [2.75, 3.05) is 23.8 Å². The van der Waals surface area contributed by atoms with Crippen molar-refractivity contribution in [1.82, 2.24) is 0 Å². The van der Waals surface area contributed by atoms with E-state index in [-0.39, 0.29) is 11.8 Å². The largest absolute Gasteiger partial charge is 0.336 e. The van der Waals surface area contributed by atoms with E-state index in [1.54, 1.807) is 18.2 Å². The molecule has 1 saturated heterocycles. The van der Waals surface area contributed by atoms with Crippen LogP contribution in [0.1, 0.15) is 12.5 Å². The Hall–Kier alpha value is -1.92. The average Bonchev–Trinajstić information content (AvgIpc) is 2.89. The van der Waals surface area contributed by atoms with E-state index in [0.717, 1.165) is 0 Å². The number of benzene rings is 1. The van der Waals surface area contributed by atoms with E-state index in [9.17, 15) is 9.59 Å². The third-order valence-corrected chi connectivity index (χ3v) is 2.96. The van der Waals surface area contributed by atoms with Gasteiger partial charge in [-0.3, -0.25) is 9.59 Å². The van der Waals surface area contributed by atoms with Gasteiger partial charge in [0.2, 0.25) is 5.91 Å². The van der Waals surface area contributed by atoms with E-state index in [4.69, 9.17) is 9.47 Å². The molecule has 0 aromatic heterocycles. The van der Waals surface area contributed by atoms with Crippen molar-refractivity contribution in [3.8, 4) is 0 Å². The molecule has 6 nitrogen and oxygen atoms in total. The highest BCUT2D eigenvalue weighted by molar-refractivity contribution is 6.09. The molecule has 1 spiro atoms. The van der Waals surface area contributed by atoms with E-state index in [0.29, 0.717) is 30.2 Å². The highest BCUT2D eigenvalue weighted by Gasteiger charge is 2.53. The molecule has 0 bridgehead atoms. The molecule has 1 aromatic carbocycles.